The number of hydrogen-bond donors (Lipinski definition) is 7. The summed E-state index contributed by atoms with van der Waals surface area (Å²) in [5, 5.41) is 71.8. The number of esters is 1. The maximum Gasteiger partial charge on any atom is 0.306 e. The van der Waals surface area contributed by atoms with Crippen LogP contribution in [0.15, 0.2) is 0 Å². The van der Waals surface area contributed by atoms with E-state index in [0.717, 1.165) is 38.5 Å². The molecule has 2 aliphatic heterocycles. The maximum atomic E-state index is 12.9. The molecule has 2 heterocycles. The maximum absolute atomic E-state index is 12.9. The molecule has 344 valence electrons. The fourth-order valence-corrected chi connectivity index (χ4v) is 7.52. The lowest BCUT2D eigenvalue weighted by atomic mass is 9.98. The Kier molecular flexibility index (Phi) is 30.8. The highest BCUT2D eigenvalue weighted by Gasteiger charge is 2.47. The van der Waals surface area contributed by atoms with Crippen molar-refractivity contribution in [1.82, 2.24) is 0 Å². The minimum absolute atomic E-state index is 0.0693. The second-order valence-electron chi connectivity index (χ2n) is 16.6. The zero-order valence-electron chi connectivity index (χ0n) is 36.1. The quantitative estimate of drug-likeness (QED) is 0.0313. The standard InChI is InChI=1S/C44H84O14/c1-3-5-7-9-11-13-15-17-19-21-23-25-27-36(46)56-33(30-53-28-26-24-22-20-18-16-14-12-10-8-6-4-2)31-54-43-42(52)40(50)38(48)35(58-43)32-55-44-41(51)39(49)37(47)34(29-45)57-44/h33-35,37-45,47-52H,3-32H2,1-2H3. The first-order valence-electron chi connectivity index (χ1n) is 23.1. The predicted octanol–water partition coefficient (Wildman–Crippen LogP) is 5.35. The molecule has 0 aromatic rings. The summed E-state index contributed by atoms with van der Waals surface area (Å²) in [5.41, 5.74) is 0. The molecule has 0 bridgehead atoms. The van der Waals surface area contributed by atoms with E-state index >= 15 is 0 Å². The molecule has 7 N–H and O–H groups in total. The number of unbranched alkanes of at least 4 members (excludes halogenated alkanes) is 22. The molecule has 14 nitrogen and oxygen atoms in total. The van der Waals surface area contributed by atoms with Crippen LogP contribution in [0, 0.1) is 0 Å². The fraction of sp³-hybridized carbons (Fsp3) is 0.977. The average molecular weight is 837 g/mol. The van der Waals surface area contributed by atoms with Crippen molar-refractivity contribution in [3.63, 3.8) is 0 Å². The Morgan fingerprint density at radius 1 is 0.500 bits per heavy atom. The minimum Gasteiger partial charge on any atom is -0.457 e. The lowest BCUT2D eigenvalue weighted by Gasteiger charge is -2.42. The van der Waals surface area contributed by atoms with Crippen LogP contribution in [0.5, 0.6) is 0 Å². The Bertz CT molecular complexity index is 975. The van der Waals surface area contributed by atoms with Crippen LogP contribution in [0.25, 0.3) is 0 Å². The monoisotopic (exact) mass is 837 g/mol. The summed E-state index contributed by atoms with van der Waals surface area (Å²) in [6.45, 7) is 3.69. The van der Waals surface area contributed by atoms with Gasteiger partial charge in [-0.3, -0.25) is 4.79 Å². The topological polar surface area (TPSA) is 214 Å². The molecule has 2 fully saturated rings. The van der Waals surface area contributed by atoms with Gasteiger partial charge in [-0.15, -0.1) is 0 Å². The van der Waals surface area contributed by atoms with Crippen LogP contribution < -0.4 is 0 Å². The highest BCUT2D eigenvalue weighted by atomic mass is 16.7. The Hall–Kier alpha value is -1.01. The van der Waals surface area contributed by atoms with E-state index in [1.807, 2.05) is 0 Å². The van der Waals surface area contributed by atoms with Crippen molar-refractivity contribution in [2.24, 2.45) is 0 Å². The predicted molar refractivity (Wildman–Crippen MR) is 220 cm³/mol. The number of rotatable bonds is 36. The van der Waals surface area contributed by atoms with E-state index in [9.17, 15) is 40.5 Å². The highest BCUT2D eigenvalue weighted by molar-refractivity contribution is 5.69. The molecule has 0 radical (unpaired) electrons. The van der Waals surface area contributed by atoms with Gasteiger partial charge in [-0.2, -0.15) is 0 Å². The van der Waals surface area contributed by atoms with Crippen molar-refractivity contribution < 1.29 is 69.0 Å². The summed E-state index contributed by atoms with van der Waals surface area (Å²) >= 11 is 0. The summed E-state index contributed by atoms with van der Waals surface area (Å²) in [7, 11) is 0. The second kappa shape index (κ2) is 33.6. The molecular weight excluding hydrogens is 752 g/mol. The molecule has 2 aliphatic rings. The molecule has 0 aliphatic carbocycles. The van der Waals surface area contributed by atoms with E-state index in [4.69, 9.17) is 28.4 Å². The smallest absolute Gasteiger partial charge is 0.306 e. The third-order valence-electron chi connectivity index (χ3n) is 11.4. The minimum atomic E-state index is -1.70. The van der Waals surface area contributed by atoms with Crippen molar-refractivity contribution in [3.05, 3.63) is 0 Å². The number of carbonyl (C=O) groups is 1. The van der Waals surface area contributed by atoms with Gasteiger partial charge in [0, 0.05) is 13.0 Å². The number of aliphatic hydroxyl groups excluding tert-OH is 7. The van der Waals surface area contributed by atoms with Gasteiger partial charge >= 0.3 is 5.97 Å². The summed E-state index contributed by atoms with van der Waals surface area (Å²) in [6.07, 6.45) is 13.1. The highest BCUT2D eigenvalue weighted by Crippen LogP contribution is 2.26. The first kappa shape index (κ1) is 53.1. The number of aliphatic hydroxyl groups is 7. The third kappa shape index (κ3) is 22.2. The number of hydrogen-bond acceptors (Lipinski definition) is 14. The van der Waals surface area contributed by atoms with Crippen molar-refractivity contribution in [3.8, 4) is 0 Å². The van der Waals surface area contributed by atoms with Crippen LogP contribution in [-0.4, -0.2) is 142 Å². The van der Waals surface area contributed by atoms with Crippen LogP contribution in [0.2, 0.25) is 0 Å². The zero-order chi connectivity index (χ0) is 42.4. The third-order valence-corrected chi connectivity index (χ3v) is 11.4. The van der Waals surface area contributed by atoms with Crippen LogP contribution in [0.4, 0.5) is 0 Å². The number of ether oxygens (including phenoxy) is 6. The van der Waals surface area contributed by atoms with Gasteiger partial charge < -0.3 is 64.2 Å². The van der Waals surface area contributed by atoms with E-state index in [2.05, 4.69) is 13.8 Å². The van der Waals surface area contributed by atoms with Crippen molar-refractivity contribution in [2.45, 2.75) is 242 Å². The summed E-state index contributed by atoms with van der Waals surface area (Å²) < 4.78 is 34.1. The van der Waals surface area contributed by atoms with Crippen molar-refractivity contribution in [1.29, 1.82) is 0 Å². The SMILES string of the molecule is CCCCCCCCCCCCCCOCC(COC1OC(COC2OC(CO)C(O)C(O)C2O)C(O)C(O)C1O)OC(=O)CCCCCCCCCCCCCC. The Morgan fingerprint density at radius 3 is 1.40 bits per heavy atom. The van der Waals surface area contributed by atoms with E-state index in [-0.39, 0.29) is 25.6 Å². The fourth-order valence-electron chi connectivity index (χ4n) is 7.52. The van der Waals surface area contributed by atoms with Gasteiger partial charge in [-0.05, 0) is 12.8 Å². The first-order chi connectivity index (χ1) is 28.1. The molecule has 0 saturated carbocycles. The zero-order valence-corrected chi connectivity index (χ0v) is 36.1. The molecule has 58 heavy (non-hydrogen) atoms. The largest absolute Gasteiger partial charge is 0.457 e. The Balaban J connectivity index is 1.81. The Morgan fingerprint density at radius 2 is 0.914 bits per heavy atom. The molecular formula is C44H84O14. The van der Waals surface area contributed by atoms with Crippen LogP contribution in [0.3, 0.4) is 0 Å². The van der Waals surface area contributed by atoms with Crippen molar-refractivity contribution in [2.75, 3.05) is 33.0 Å². The molecule has 11 unspecified atom stereocenters. The molecule has 0 spiro atoms. The van der Waals surface area contributed by atoms with E-state index < -0.39 is 80.7 Å². The van der Waals surface area contributed by atoms with Crippen molar-refractivity contribution >= 4 is 5.97 Å². The molecule has 0 aromatic carbocycles. The van der Waals surface area contributed by atoms with Gasteiger partial charge in [0.05, 0.1) is 26.4 Å². The van der Waals surface area contributed by atoms with E-state index in [1.165, 1.54) is 109 Å². The van der Waals surface area contributed by atoms with Gasteiger partial charge in [0.15, 0.2) is 12.6 Å². The van der Waals surface area contributed by atoms with Gasteiger partial charge in [0.1, 0.15) is 54.9 Å². The van der Waals surface area contributed by atoms with Gasteiger partial charge in [0.25, 0.3) is 0 Å². The van der Waals surface area contributed by atoms with Gasteiger partial charge in [0.2, 0.25) is 0 Å². The Labute approximate surface area is 349 Å². The summed E-state index contributed by atoms with van der Waals surface area (Å²) in [4.78, 5) is 12.9. The number of carbonyl (C=O) groups excluding carboxylic acids is 1. The molecule has 11 atom stereocenters. The second-order valence-corrected chi connectivity index (χ2v) is 16.6. The van der Waals surface area contributed by atoms with Crippen LogP contribution >= 0.6 is 0 Å². The molecule has 0 aromatic heterocycles. The van der Waals surface area contributed by atoms with E-state index in [1.54, 1.807) is 0 Å². The van der Waals surface area contributed by atoms with Gasteiger partial charge in [-0.1, -0.05) is 155 Å². The van der Waals surface area contributed by atoms with Crippen LogP contribution in [0.1, 0.15) is 174 Å². The molecule has 14 heteroatoms. The normalized spacial score (nSPS) is 28.2. The molecule has 2 saturated heterocycles. The average Bonchev–Trinajstić information content (AvgIpc) is 3.22. The summed E-state index contributed by atoms with van der Waals surface area (Å²) in [5.74, 6) is -0.374. The van der Waals surface area contributed by atoms with Crippen LogP contribution in [-0.2, 0) is 33.2 Å². The van der Waals surface area contributed by atoms with E-state index in [0.29, 0.717) is 13.0 Å². The first-order valence-corrected chi connectivity index (χ1v) is 23.1. The lowest BCUT2D eigenvalue weighted by molar-refractivity contribution is -0.332. The lowest BCUT2D eigenvalue weighted by Crippen LogP contribution is -2.61. The molecule has 0 amide bonds. The molecule has 2 rings (SSSR count). The van der Waals surface area contributed by atoms with Gasteiger partial charge in [-0.25, -0.2) is 0 Å². The summed E-state index contributed by atoms with van der Waals surface area (Å²) in [6, 6.07) is 0.